The van der Waals surface area contributed by atoms with Crippen molar-refractivity contribution in [2.75, 3.05) is 30.4 Å². The van der Waals surface area contributed by atoms with Crippen LogP contribution in [-0.4, -0.2) is 85.1 Å². The number of unbranched alkanes of at least 4 members (excludes halogenated alkanes) is 1. The first-order chi connectivity index (χ1) is 19.0. The Hall–Kier alpha value is -2.68. The van der Waals surface area contributed by atoms with Crippen LogP contribution in [0, 0.1) is 0 Å². The normalized spacial score (nSPS) is 22.1. The highest BCUT2D eigenvalue weighted by Crippen LogP contribution is 2.42. The molecule has 1 N–H and O–H groups in total. The maximum atomic E-state index is 12.9. The van der Waals surface area contributed by atoms with E-state index in [4.69, 9.17) is 14.7 Å². The van der Waals surface area contributed by atoms with Gasteiger partial charge in [0.2, 0.25) is 17.8 Å². The van der Waals surface area contributed by atoms with Gasteiger partial charge in [-0.2, -0.15) is 15.0 Å². The summed E-state index contributed by atoms with van der Waals surface area (Å²) in [5, 5.41) is 3.27. The highest BCUT2D eigenvalue weighted by molar-refractivity contribution is 5.88. The summed E-state index contributed by atoms with van der Waals surface area (Å²) >= 11 is 0. The molecule has 230 valence electrons. The first-order valence-electron chi connectivity index (χ1n) is 15.2. The fraction of sp³-hybridized carbons (Fsp3) is 0.750. The number of hydrogen-bond donors (Lipinski definition) is 1. The third kappa shape index (κ3) is 7.40. The first-order valence-corrected chi connectivity index (χ1v) is 15.2. The van der Waals surface area contributed by atoms with Crippen LogP contribution < -0.4 is 15.0 Å². The van der Waals surface area contributed by atoms with Crippen LogP contribution in [0.1, 0.15) is 101 Å². The zero-order valence-corrected chi connectivity index (χ0v) is 27.4. The maximum absolute atomic E-state index is 12.9. The van der Waals surface area contributed by atoms with E-state index < -0.39 is 0 Å². The summed E-state index contributed by atoms with van der Waals surface area (Å²) in [6.45, 7) is 28.8. The van der Waals surface area contributed by atoms with Crippen molar-refractivity contribution >= 4 is 17.8 Å². The van der Waals surface area contributed by atoms with Crippen molar-refractivity contribution in [2.45, 2.75) is 135 Å². The summed E-state index contributed by atoms with van der Waals surface area (Å²) in [5.74, 6) is 1.06. The van der Waals surface area contributed by atoms with Gasteiger partial charge in [0.05, 0.1) is 0 Å². The second kappa shape index (κ2) is 12.3. The Labute approximate surface area is 248 Å². The van der Waals surface area contributed by atoms with Crippen molar-refractivity contribution in [2.24, 2.45) is 0 Å². The number of likely N-dealkylation sites (tertiary alicyclic amines) is 2. The molecule has 0 aliphatic carbocycles. The fourth-order valence-electron chi connectivity index (χ4n) is 7.19. The van der Waals surface area contributed by atoms with Crippen molar-refractivity contribution in [1.82, 2.24) is 24.8 Å². The monoisotopic (exact) mass is 569 g/mol. The molecule has 0 spiro atoms. The van der Waals surface area contributed by atoms with Crippen LogP contribution in [0.2, 0.25) is 0 Å². The minimum absolute atomic E-state index is 0.0196. The number of nitrogens with zero attached hydrogens (tertiary/aromatic N) is 6. The molecule has 1 amide bonds. The quantitative estimate of drug-likeness (QED) is 0.263. The minimum atomic E-state index is -0.371. The number of piperidine rings is 2. The molecular formula is C32H55N7O2. The van der Waals surface area contributed by atoms with E-state index in [0.29, 0.717) is 24.5 Å². The maximum Gasteiger partial charge on any atom is 0.323 e. The lowest BCUT2D eigenvalue weighted by molar-refractivity contribution is -0.144. The van der Waals surface area contributed by atoms with Crippen LogP contribution in [0.25, 0.3) is 0 Å². The molecule has 2 aliphatic rings. The predicted molar refractivity (Wildman–Crippen MR) is 169 cm³/mol. The summed E-state index contributed by atoms with van der Waals surface area (Å²) in [4.78, 5) is 34.2. The van der Waals surface area contributed by atoms with Gasteiger partial charge in [-0.05, 0) is 87.8 Å². The van der Waals surface area contributed by atoms with Gasteiger partial charge in [-0.15, -0.1) is 6.58 Å². The van der Waals surface area contributed by atoms with Crippen LogP contribution in [0.5, 0.6) is 6.01 Å². The van der Waals surface area contributed by atoms with E-state index in [2.05, 4.69) is 103 Å². The van der Waals surface area contributed by atoms with E-state index in [1.54, 1.807) is 6.08 Å². The summed E-state index contributed by atoms with van der Waals surface area (Å²) in [5.41, 5.74) is -0.784. The first kappa shape index (κ1) is 32.8. The zero-order chi connectivity index (χ0) is 30.8. The average Bonchev–Trinajstić information content (AvgIpc) is 2.84. The van der Waals surface area contributed by atoms with E-state index in [1.165, 1.54) is 6.08 Å². The van der Waals surface area contributed by atoms with E-state index in [9.17, 15) is 4.79 Å². The lowest BCUT2D eigenvalue weighted by atomic mass is 9.76. The highest BCUT2D eigenvalue weighted by atomic mass is 16.5. The van der Waals surface area contributed by atoms with Gasteiger partial charge in [0, 0.05) is 54.1 Å². The van der Waals surface area contributed by atoms with Gasteiger partial charge in [-0.25, -0.2) is 0 Å². The van der Waals surface area contributed by atoms with E-state index in [-0.39, 0.29) is 40.2 Å². The van der Waals surface area contributed by atoms with E-state index >= 15 is 0 Å². The number of nitrogens with one attached hydrogen (secondary N) is 1. The molecule has 0 radical (unpaired) electrons. The molecular weight excluding hydrogens is 514 g/mol. The van der Waals surface area contributed by atoms with Gasteiger partial charge in [0.1, 0.15) is 6.10 Å². The Morgan fingerprint density at radius 2 is 1.56 bits per heavy atom. The molecule has 0 bridgehead atoms. The molecule has 2 fully saturated rings. The molecule has 1 aromatic heterocycles. The molecule has 0 unspecified atom stereocenters. The number of carbonyl (C=O) groups is 1. The minimum Gasteiger partial charge on any atom is -0.460 e. The molecule has 0 atom stereocenters. The van der Waals surface area contributed by atoms with Crippen LogP contribution in [0.15, 0.2) is 25.3 Å². The largest absolute Gasteiger partial charge is 0.460 e. The van der Waals surface area contributed by atoms with Crippen LogP contribution in [0.4, 0.5) is 11.9 Å². The van der Waals surface area contributed by atoms with Crippen molar-refractivity contribution in [3.05, 3.63) is 25.3 Å². The van der Waals surface area contributed by atoms with Gasteiger partial charge < -0.3 is 19.9 Å². The van der Waals surface area contributed by atoms with Crippen LogP contribution in [-0.2, 0) is 4.79 Å². The number of carbonyl (C=O) groups excluding carboxylic acids is 1. The second-order valence-electron chi connectivity index (χ2n) is 14.4. The number of aromatic nitrogens is 3. The Morgan fingerprint density at radius 3 is 2.07 bits per heavy atom. The van der Waals surface area contributed by atoms with E-state index in [1.807, 2.05) is 4.90 Å². The Morgan fingerprint density at radius 1 is 0.976 bits per heavy atom. The Bertz CT molecular complexity index is 1060. The number of rotatable bonds is 11. The Kier molecular flexibility index (Phi) is 9.83. The molecule has 0 saturated carbocycles. The van der Waals surface area contributed by atoms with Gasteiger partial charge in [0.15, 0.2) is 0 Å². The SMILES string of the molecule is C=CCNc1nc(OC2CC(C)(C)N(C)C(C)(C)C2)nc(N(CCCC)C2CC(C)(C)N(C(=O)C=C)C(C)(C)C2)n1. The standard InChI is InChI=1S/C32H55N7O2/c1-13-16-18-38(23-19-31(8,9)39(25(40)15-3)32(10,11)20-23)27-34-26(33-17-14-2)35-28(36-27)41-24-21-29(4,5)37(12)30(6,7)22-24/h14-15,23-24H,2-3,13,16-22H2,1,4-12H3,(H,33,34,35,36). The van der Waals surface area contributed by atoms with Gasteiger partial charge in [-0.1, -0.05) is 26.0 Å². The third-order valence-corrected chi connectivity index (χ3v) is 9.08. The molecule has 9 heteroatoms. The second-order valence-corrected chi connectivity index (χ2v) is 14.4. The topological polar surface area (TPSA) is 86.7 Å². The molecule has 3 heterocycles. The average molecular weight is 570 g/mol. The lowest BCUT2D eigenvalue weighted by Gasteiger charge is -2.56. The van der Waals surface area contributed by atoms with Crippen molar-refractivity contribution in [3.8, 4) is 6.01 Å². The van der Waals surface area contributed by atoms with Crippen LogP contribution in [0.3, 0.4) is 0 Å². The molecule has 1 aromatic rings. The van der Waals surface area contributed by atoms with Gasteiger partial charge in [-0.3, -0.25) is 9.69 Å². The van der Waals surface area contributed by atoms with Gasteiger partial charge in [0.25, 0.3) is 0 Å². The fourth-order valence-corrected chi connectivity index (χ4v) is 7.19. The number of anilines is 2. The molecule has 9 nitrogen and oxygen atoms in total. The number of ether oxygens (including phenoxy) is 1. The lowest BCUT2D eigenvalue weighted by Crippen LogP contribution is -2.66. The molecule has 2 aliphatic heterocycles. The van der Waals surface area contributed by atoms with Crippen molar-refractivity contribution in [1.29, 1.82) is 0 Å². The summed E-state index contributed by atoms with van der Waals surface area (Å²) in [7, 11) is 2.19. The van der Waals surface area contributed by atoms with E-state index in [0.717, 1.165) is 45.1 Å². The molecule has 0 aromatic carbocycles. The number of amides is 1. The summed E-state index contributed by atoms with van der Waals surface area (Å²) in [6, 6.07) is 0.478. The Balaban J connectivity index is 2.01. The molecule has 3 rings (SSSR count). The van der Waals surface area contributed by atoms with Crippen molar-refractivity contribution < 1.29 is 9.53 Å². The highest BCUT2D eigenvalue weighted by Gasteiger charge is 2.49. The van der Waals surface area contributed by atoms with Crippen molar-refractivity contribution in [3.63, 3.8) is 0 Å². The zero-order valence-electron chi connectivity index (χ0n) is 27.4. The van der Waals surface area contributed by atoms with Gasteiger partial charge >= 0.3 is 6.01 Å². The third-order valence-electron chi connectivity index (χ3n) is 9.08. The predicted octanol–water partition coefficient (Wildman–Crippen LogP) is 5.84. The van der Waals surface area contributed by atoms with Crippen LogP contribution >= 0.6 is 0 Å². The summed E-state index contributed by atoms with van der Waals surface area (Å²) in [6.07, 6.45) is 8.57. The summed E-state index contributed by atoms with van der Waals surface area (Å²) < 4.78 is 6.58. The molecule has 41 heavy (non-hydrogen) atoms. The number of hydrogen-bond acceptors (Lipinski definition) is 8. The smallest absolute Gasteiger partial charge is 0.323 e. The molecule has 2 saturated heterocycles.